The molecule has 4 heteroatoms. The van der Waals surface area contributed by atoms with Gasteiger partial charge in [0.25, 0.3) is 0 Å². The first kappa shape index (κ1) is 12.2. The van der Waals surface area contributed by atoms with Gasteiger partial charge in [0, 0.05) is 13.8 Å². The molecule has 0 spiro atoms. The highest BCUT2D eigenvalue weighted by Crippen LogP contribution is 2.12. The highest BCUT2D eigenvalue weighted by atomic mass is 16.5. The van der Waals surface area contributed by atoms with Gasteiger partial charge in [-0.05, 0) is 5.56 Å². The highest BCUT2D eigenvalue weighted by Gasteiger charge is 2.13. The molecule has 0 aromatic heterocycles. The quantitative estimate of drug-likeness (QED) is 0.782. The molecule has 0 heterocycles. The van der Waals surface area contributed by atoms with Gasteiger partial charge >= 0.3 is 5.97 Å². The summed E-state index contributed by atoms with van der Waals surface area (Å²) in [6.45, 7) is 2.93. The molecule has 1 aromatic rings. The first-order chi connectivity index (χ1) is 7.59. The molecule has 1 rings (SSSR count). The number of carbonyl (C=O) groups is 2. The van der Waals surface area contributed by atoms with E-state index < -0.39 is 0 Å². The zero-order valence-electron chi connectivity index (χ0n) is 9.40. The van der Waals surface area contributed by atoms with E-state index in [1.165, 1.54) is 13.8 Å². The normalized spacial score (nSPS) is 11.6. The predicted octanol–water partition coefficient (Wildman–Crippen LogP) is 1.43. The summed E-state index contributed by atoms with van der Waals surface area (Å²) in [7, 11) is 0. The van der Waals surface area contributed by atoms with Gasteiger partial charge in [0.05, 0.1) is 6.04 Å². The van der Waals surface area contributed by atoms with Crippen molar-refractivity contribution in [3.63, 3.8) is 0 Å². The molecule has 0 radical (unpaired) electrons. The van der Waals surface area contributed by atoms with Crippen LogP contribution in [0.5, 0.6) is 0 Å². The number of esters is 1. The van der Waals surface area contributed by atoms with E-state index in [-0.39, 0.29) is 24.5 Å². The molecule has 0 aliphatic carbocycles. The second-order valence-electron chi connectivity index (χ2n) is 3.47. The monoisotopic (exact) mass is 221 g/mol. The van der Waals surface area contributed by atoms with Crippen LogP contribution >= 0.6 is 0 Å². The van der Waals surface area contributed by atoms with Gasteiger partial charge in [0.2, 0.25) is 5.91 Å². The van der Waals surface area contributed by atoms with E-state index in [0.717, 1.165) is 5.56 Å². The Hall–Kier alpha value is -1.84. The zero-order chi connectivity index (χ0) is 12.0. The highest BCUT2D eigenvalue weighted by molar-refractivity contribution is 5.73. The number of benzene rings is 1. The summed E-state index contributed by atoms with van der Waals surface area (Å²) >= 11 is 0. The van der Waals surface area contributed by atoms with Gasteiger partial charge in [-0.15, -0.1) is 0 Å². The van der Waals surface area contributed by atoms with Crippen molar-refractivity contribution in [2.45, 2.75) is 19.9 Å². The second kappa shape index (κ2) is 5.90. The third-order valence-corrected chi connectivity index (χ3v) is 2.03. The SMILES string of the molecule is CC(=O)NC(COC(C)=O)c1ccccc1. The van der Waals surface area contributed by atoms with Crippen LogP contribution in [0.3, 0.4) is 0 Å². The van der Waals surface area contributed by atoms with Crippen molar-refractivity contribution >= 4 is 11.9 Å². The Morgan fingerprint density at radius 2 is 1.88 bits per heavy atom. The number of amides is 1. The van der Waals surface area contributed by atoms with Gasteiger partial charge in [-0.25, -0.2) is 0 Å². The Labute approximate surface area is 94.6 Å². The number of ether oxygens (including phenoxy) is 1. The Morgan fingerprint density at radius 1 is 1.25 bits per heavy atom. The lowest BCUT2D eigenvalue weighted by Crippen LogP contribution is -2.30. The first-order valence-corrected chi connectivity index (χ1v) is 5.05. The Kier molecular flexibility index (Phi) is 4.51. The average molecular weight is 221 g/mol. The van der Waals surface area contributed by atoms with Crippen LogP contribution < -0.4 is 5.32 Å². The van der Waals surface area contributed by atoms with Gasteiger partial charge < -0.3 is 10.1 Å². The van der Waals surface area contributed by atoms with Crippen molar-refractivity contribution in [3.8, 4) is 0 Å². The van der Waals surface area contributed by atoms with Crippen LogP contribution in [0.1, 0.15) is 25.5 Å². The predicted molar refractivity (Wildman–Crippen MR) is 59.6 cm³/mol. The van der Waals surface area contributed by atoms with Crippen molar-refractivity contribution in [2.24, 2.45) is 0 Å². The molecular formula is C12H15NO3. The molecule has 1 aromatic carbocycles. The van der Waals surface area contributed by atoms with E-state index in [4.69, 9.17) is 4.74 Å². The lowest BCUT2D eigenvalue weighted by atomic mass is 10.1. The Balaban J connectivity index is 2.71. The van der Waals surface area contributed by atoms with E-state index in [1.54, 1.807) is 0 Å². The largest absolute Gasteiger partial charge is 0.463 e. The van der Waals surface area contributed by atoms with Crippen LogP contribution in [0.2, 0.25) is 0 Å². The van der Waals surface area contributed by atoms with Crippen LogP contribution in [0.4, 0.5) is 0 Å². The number of hydrogen-bond donors (Lipinski definition) is 1. The van der Waals surface area contributed by atoms with Crippen LogP contribution in [0.15, 0.2) is 30.3 Å². The zero-order valence-corrected chi connectivity index (χ0v) is 9.40. The average Bonchev–Trinajstić information content (AvgIpc) is 2.25. The van der Waals surface area contributed by atoms with Gasteiger partial charge in [-0.1, -0.05) is 30.3 Å². The summed E-state index contributed by atoms with van der Waals surface area (Å²) < 4.78 is 4.91. The summed E-state index contributed by atoms with van der Waals surface area (Å²) in [4.78, 5) is 21.8. The molecule has 1 amide bonds. The minimum Gasteiger partial charge on any atom is -0.463 e. The summed E-state index contributed by atoms with van der Waals surface area (Å²) in [6, 6.07) is 9.10. The van der Waals surface area contributed by atoms with Crippen molar-refractivity contribution in [2.75, 3.05) is 6.61 Å². The molecule has 86 valence electrons. The number of nitrogens with one attached hydrogen (secondary N) is 1. The van der Waals surface area contributed by atoms with Gasteiger partial charge in [0.1, 0.15) is 6.61 Å². The number of hydrogen-bond acceptors (Lipinski definition) is 3. The summed E-state index contributed by atoms with van der Waals surface area (Å²) in [5, 5.41) is 2.74. The maximum atomic E-state index is 11.0. The fraction of sp³-hybridized carbons (Fsp3) is 0.333. The molecule has 0 aliphatic heterocycles. The molecule has 0 aliphatic rings. The summed E-state index contributed by atoms with van der Waals surface area (Å²) in [5.74, 6) is -0.507. The topological polar surface area (TPSA) is 55.4 Å². The maximum Gasteiger partial charge on any atom is 0.302 e. The van der Waals surface area contributed by atoms with E-state index in [9.17, 15) is 9.59 Å². The molecule has 1 N–H and O–H groups in total. The molecular weight excluding hydrogens is 206 g/mol. The standard InChI is InChI=1S/C12H15NO3/c1-9(14)13-12(8-16-10(2)15)11-6-4-3-5-7-11/h3-7,12H,8H2,1-2H3,(H,13,14). The van der Waals surface area contributed by atoms with Gasteiger partial charge in [-0.3, -0.25) is 9.59 Å². The summed E-state index contributed by atoms with van der Waals surface area (Å²) in [6.07, 6.45) is 0. The van der Waals surface area contributed by atoms with Gasteiger partial charge in [-0.2, -0.15) is 0 Å². The lowest BCUT2D eigenvalue weighted by Gasteiger charge is -2.17. The smallest absolute Gasteiger partial charge is 0.302 e. The Bertz CT molecular complexity index is 362. The van der Waals surface area contributed by atoms with Crippen LogP contribution in [0, 0.1) is 0 Å². The Morgan fingerprint density at radius 3 is 2.38 bits per heavy atom. The lowest BCUT2D eigenvalue weighted by molar-refractivity contribution is -0.142. The third-order valence-electron chi connectivity index (χ3n) is 2.03. The minimum absolute atomic E-state index is 0.152. The second-order valence-corrected chi connectivity index (χ2v) is 3.47. The van der Waals surface area contributed by atoms with Crippen molar-refractivity contribution < 1.29 is 14.3 Å². The maximum absolute atomic E-state index is 11.0. The summed E-state index contributed by atoms with van der Waals surface area (Å²) in [5.41, 5.74) is 0.916. The molecule has 0 fully saturated rings. The van der Waals surface area contributed by atoms with E-state index in [1.807, 2.05) is 30.3 Å². The van der Waals surface area contributed by atoms with Crippen LogP contribution in [-0.4, -0.2) is 18.5 Å². The fourth-order valence-electron chi connectivity index (χ4n) is 1.35. The van der Waals surface area contributed by atoms with E-state index >= 15 is 0 Å². The van der Waals surface area contributed by atoms with E-state index in [2.05, 4.69) is 5.32 Å². The molecule has 0 bridgehead atoms. The fourth-order valence-corrected chi connectivity index (χ4v) is 1.35. The van der Waals surface area contributed by atoms with Crippen molar-refractivity contribution in [3.05, 3.63) is 35.9 Å². The molecule has 1 atom stereocenters. The van der Waals surface area contributed by atoms with Crippen LogP contribution in [-0.2, 0) is 14.3 Å². The van der Waals surface area contributed by atoms with E-state index in [0.29, 0.717) is 0 Å². The third kappa shape index (κ3) is 4.13. The number of carbonyl (C=O) groups excluding carboxylic acids is 2. The molecule has 1 unspecified atom stereocenters. The number of rotatable bonds is 4. The first-order valence-electron chi connectivity index (χ1n) is 5.05. The van der Waals surface area contributed by atoms with Crippen LogP contribution in [0.25, 0.3) is 0 Å². The molecule has 4 nitrogen and oxygen atoms in total. The van der Waals surface area contributed by atoms with Crippen molar-refractivity contribution in [1.29, 1.82) is 0 Å². The molecule has 16 heavy (non-hydrogen) atoms. The van der Waals surface area contributed by atoms with Crippen molar-refractivity contribution in [1.82, 2.24) is 5.32 Å². The molecule has 0 saturated heterocycles. The molecule has 0 saturated carbocycles. The van der Waals surface area contributed by atoms with Gasteiger partial charge in [0.15, 0.2) is 0 Å². The minimum atomic E-state index is -0.355.